The van der Waals surface area contributed by atoms with Gasteiger partial charge in [0.15, 0.2) is 5.78 Å². The molecule has 24 heavy (non-hydrogen) atoms. The molecule has 0 N–H and O–H groups in total. The summed E-state index contributed by atoms with van der Waals surface area (Å²) in [5.41, 5.74) is -3.01. The van der Waals surface area contributed by atoms with Crippen LogP contribution in [0.15, 0.2) is 42.5 Å². The predicted molar refractivity (Wildman–Crippen MR) is 74.6 cm³/mol. The van der Waals surface area contributed by atoms with Crippen molar-refractivity contribution in [3.63, 3.8) is 0 Å². The predicted octanol–water partition coefficient (Wildman–Crippen LogP) is 3.75. The molecule has 0 bridgehead atoms. The van der Waals surface area contributed by atoms with Crippen LogP contribution in [0.4, 0.5) is 24.5 Å². The first-order valence-corrected chi connectivity index (χ1v) is 6.26. The number of hydrogen-bond donors (Lipinski definition) is 0. The van der Waals surface area contributed by atoms with Crippen LogP contribution in [0.25, 0.3) is 0 Å². The molecule has 0 atom stereocenters. The molecule has 0 aliphatic heterocycles. The highest BCUT2D eigenvalue weighted by molar-refractivity contribution is 6.11. The van der Waals surface area contributed by atoms with Crippen LogP contribution < -0.4 is 0 Å². The Morgan fingerprint density at radius 1 is 0.917 bits per heavy atom. The molecule has 0 unspecified atom stereocenters. The summed E-state index contributed by atoms with van der Waals surface area (Å²) in [6.45, 7) is 0. The Morgan fingerprint density at radius 2 is 1.50 bits per heavy atom. The molecule has 0 radical (unpaired) electrons. The number of nitro groups is 2. The van der Waals surface area contributed by atoms with Crippen molar-refractivity contribution < 1.29 is 27.8 Å². The van der Waals surface area contributed by atoms with Gasteiger partial charge in [-0.2, -0.15) is 13.2 Å². The molecule has 0 spiro atoms. The van der Waals surface area contributed by atoms with E-state index in [1.165, 1.54) is 0 Å². The largest absolute Gasteiger partial charge is 0.416 e. The number of nitrogens with zero attached hydrogens (tertiary/aromatic N) is 2. The van der Waals surface area contributed by atoms with Gasteiger partial charge in [-0.3, -0.25) is 25.0 Å². The Kier molecular flexibility index (Phi) is 4.31. The van der Waals surface area contributed by atoms with Crippen molar-refractivity contribution >= 4 is 17.2 Å². The summed E-state index contributed by atoms with van der Waals surface area (Å²) in [6, 6.07) is 5.54. The summed E-state index contributed by atoms with van der Waals surface area (Å²) >= 11 is 0. The number of hydrogen-bond acceptors (Lipinski definition) is 5. The zero-order valence-corrected chi connectivity index (χ0v) is 11.6. The minimum atomic E-state index is -4.58. The van der Waals surface area contributed by atoms with Gasteiger partial charge in [0.2, 0.25) is 0 Å². The second-order valence-electron chi connectivity index (χ2n) is 4.62. The number of non-ortho nitro benzene ring substituents is 1. The molecule has 0 saturated heterocycles. The second kappa shape index (κ2) is 6.07. The number of benzene rings is 2. The Hall–Kier alpha value is -3.30. The molecular weight excluding hydrogens is 333 g/mol. The van der Waals surface area contributed by atoms with Gasteiger partial charge in [0.25, 0.3) is 11.4 Å². The summed E-state index contributed by atoms with van der Waals surface area (Å²) in [5.74, 6) is -0.912. The Balaban J connectivity index is 2.46. The molecule has 2 rings (SSSR count). The molecule has 10 heteroatoms. The van der Waals surface area contributed by atoms with Crippen LogP contribution in [-0.2, 0) is 6.18 Å². The fraction of sp³-hybridized carbons (Fsp3) is 0.0714. The lowest BCUT2D eigenvalue weighted by molar-refractivity contribution is -0.394. The second-order valence-corrected chi connectivity index (χ2v) is 4.62. The van der Waals surface area contributed by atoms with E-state index in [9.17, 15) is 38.2 Å². The van der Waals surface area contributed by atoms with Gasteiger partial charge in [0, 0.05) is 11.6 Å². The van der Waals surface area contributed by atoms with Gasteiger partial charge < -0.3 is 0 Å². The van der Waals surface area contributed by atoms with E-state index in [0.717, 1.165) is 24.3 Å². The highest BCUT2D eigenvalue weighted by atomic mass is 19.4. The van der Waals surface area contributed by atoms with Crippen molar-refractivity contribution in [1.29, 1.82) is 0 Å². The first-order valence-electron chi connectivity index (χ1n) is 6.26. The molecule has 0 aliphatic rings. The third-order valence-electron chi connectivity index (χ3n) is 3.11. The fourth-order valence-electron chi connectivity index (χ4n) is 1.94. The van der Waals surface area contributed by atoms with E-state index in [4.69, 9.17) is 0 Å². The van der Waals surface area contributed by atoms with Gasteiger partial charge in [0.05, 0.1) is 21.5 Å². The van der Waals surface area contributed by atoms with Gasteiger partial charge >= 0.3 is 6.18 Å². The van der Waals surface area contributed by atoms with Crippen LogP contribution in [-0.4, -0.2) is 15.6 Å². The lowest BCUT2D eigenvalue weighted by atomic mass is 10.00. The standard InChI is InChI=1S/C14H7F3N2O5/c15-14(16,17)9-3-1-8(2-4-9)13(20)11-6-5-10(18(21)22)7-12(11)19(23)24/h1-7H. The SMILES string of the molecule is O=C(c1ccc(C(F)(F)F)cc1)c1ccc([N+](=O)[O-])cc1[N+](=O)[O-]. The molecule has 0 saturated carbocycles. The monoisotopic (exact) mass is 340 g/mol. The summed E-state index contributed by atoms with van der Waals surface area (Å²) in [6.07, 6.45) is -4.58. The summed E-state index contributed by atoms with van der Waals surface area (Å²) < 4.78 is 37.5. The van der Waals surface area contributed by atoms with Crippen LogP contribution >= 0.6 is 0 Å². The molecule has 0 heterocycles. The maximum Gasteiger partial charge on any atom is 0.416 e. The third kappa shape index (κ3) is 3.37. The number of halogens is 3. The number of carbonyl (C=O) groups is 1. The molecule has 2 aromatic rings. The van der Waals surface area contributed by atoms with Gasteiger partial charge in [-0.1, -0.05) is 12.1 Å². The van der Waals surface area contributed by atoms with Crippen molar-refractivity contribution in [3.8, 4) is 0 Å². The van der Waals surface area contributed by atoms with E-state index in [-0.39, 0.29) is 5.56 Å². The van der Waals surface area contributed by atoms with Crippen LogP contribution in [0.2, 0.25) is 0 Å². The Morgan fingerprint density at radius 3 is 1.96 bits per heavy atom. The number of carbonyl (C=O) groups excluding carboxylic acids is 1. The van der Waals surface area contributed by atoms with Crippen molar-refractivity contribution in [1.82, 2.24) is 0 Å². The van der Waals surface area contributed by atoms with Gasteiger partial charge in [0.1, 0.15) is 5.56 Å². The maximum absolute atomic E-state index is 12.5. The number of rotatable bonds is 4. The average Bonchev–Trinajstić information content (AvgIpc) is 2.52. The van der Waals surface area contributed by atoms with E-state index in [2.05, 4.69) is 0 Å². The van der Waals surface area contributed by atoms with Crippen molar-refractivity contribution in [2.75, 3.05) is 0 Å². The van der Waals surface area contributed by atoms with Crippen molar-refractivity contribution in [3.05, 3.63) is 79.4 Å². The Bertz CT molecular complexity index is 831. The smallest absolute Gasteiger partial charge is 0.288 e. The molecule has 0 aliphatic carbocycles. The zero-order chi connectivity index (χ0) is 18.1. The molecule has 2 aromatic carbocycles. The van der Waals surface area contributed by atoms with E-state index in [1.807, 2.05) is 0 Å². The van der Waals surface area contributed by atoms with Gasteiger partial charge in [-0.05, 0) is 18.2 Å². The van der Waals surface area contributed by atoms with Gasteiger partial charge in [-0.25, -0.2) is 0 Å². The molecular formula is C14H7F3N2O5. The van der Waals surface area contributed by atoms with Crippen LogP contribution in [0.1, 0.15) is 21.5 Å². The van der Waals surface area contributed by atoms with Crippen molar-refractivity contribution in [2.45, 2.75) is 6.18 Å². The fourth-order valence-corrected chi connectivity index (χ4v) is 1.94. The quantitative estimate of drug-likeness (QED) is 0.479. The average molecular weight is 340 g/mol. The van der Waals surface area contributed by atoms with E-state index < -0.39 is 44.3 Å². The third-order valence-corrected chi connectivity index (χ3v) is 3.11. The lowest BCUT2D eigenvalue weighted by Gasteiger charge is -2.07. The van der Waals surface area contributed by atoms with Crippen LogP contribution in [0, 0.1) is 20.2 Å². The number of ketones is 1. The Labute approximate surface area is 131 Å². The molecule has 0 amide bonds. The van der Waals surface area contributed by atoms with E-state index >= 15 is 0 Å². The lowest BCUT2D eigenvalue weighted by Crippen LogP contribution is -2.08. The first-order chi connectivity index (χ1) is 11.1. The van der Waals surface area contributed by atoms with E-state index in [0.29, 0.717) is 18.2 Å². The van der Waals surface area contributed by atoms with Gasteiger partial charge in [-0.15, -0.1) is 0 Å². The normalized spacial score (nSPS) is 11.1. The minimum Gasteiger partial charge on any atom is -0.288 e. The van der Waals surface area contributed by atoms with Crippen molar-refractivity contribution in [2.24, 2.45) is 0 Å². The molecule has 7 nitrogen and oxygen atoms in total. The zero-order valence-electron chi connectivity index (χ0n) is 11.6. The summed E-state index contributed by atoms with van der Waals surface area (Å²) in [4.78, 5) is 32.1. The molecule has 0 fully saturated rings. The minimum absolute atomic E-state index is 0.208. The highest BCUT2D eigenvalue weighted by Crippen LogP contribution is 2.30. The molecule has 124 valence electrons. The van der Waals surface area contributed by atoms with E-state index in [1.54, 1.807) is 0 Å². The molecule has 0 aromatic heterocycles. The maximum atomic E-state index is 12.5. The van der Waals surface area contributed by atoms with Crippen LogP contribution in [0.3, 0.4) is 0 Å². The summed E-state index contributed by atoms with van der Waals surface area (Å²) in [5, 5.41) is 21.6. The highest BCUT2D eigenvalue weighted by Gasteiger charge is 2.31. The first kappa shape index (κ1) is 17.1. The topological polar surface area (TPSA) is 103 Å². The number of alkyl halides is 3. The number of nitro benzene ring substituents is 2. The summed E-state index contributed by atoms with van der Waals surface area (Å²) in [7, 11) is 0. The van der Waals surface area contributed by atoms with Crippen LogP contribution in [0.5, 0.6) is 0 Å².